The molecule has 2 aromatic carbocycles. The van der Waals surface area contributed by atoms with Gasteiger partial charge in [0.05, 0.1) is 4.99 Å². The van der Waals surface area contributed by atoms with Gasteiger partial charge in [0.15, 0.2) is 0 Å². The number of nitrogens with zero attached hydrogens (tertiary/aromatic N) is 1. The van der Waals surface area contributed by atoms with Crippen LogP contribution in [0.5, 0.6) is 0 Å². The molecule has 0 saturated carbocycles. The molecule has 0 bridgehead atoms. The van der Waals surface area contributed by atoms with Gasteiger partial charge < -0.3 is 5.73 Å². The fourth-order valence-electron chi connectivity index (χ4n) is 2.58. The van der Waals surface area contributed by atoms with Crippen molar-refractivity contribution in [1.82, 2.24) is 4.90 Å². The Kier molecular flexibility index (Phi) is 5.90. The van der Waals surface area contributed by atoms with Crippen molar-refractivity contribution in [3.05, 3.63) is 71.8 Å². The highest BCUT2D eigenvalue weighted by atomic mass is 32.1. The van der Waals surface area contributed by atoms with Gasteiger partial charge in [0.1, 0.15) is 0 Å². The highest BCUT2D eigenvalue weighted by Crippen LogP contribution is 2.26. The molecule has 21 heavy (non-hydrogen) atoms. The zero-order valence-corrected chi connectivity index (χ0v) is 13.2. The molecule has 2 nitrogen and oxygen atoms in total. The van der Waals surface area contributed by atoms with Crippen LogP contribution in [0.3, 0.4) is 0 Å². The van der Waals surface area contributed by atoms with Crippen LogP contribution in [-0.2, 0) is 6.54 Å². The van der Waals surface area contributed by atoms with Crippen LogP contribution in [0.2, 0.25) is 0 Å². The van der Waals surface area contributed by atoms with Gasteiger partial charge in [-0.2, -0.15) is 0 Å². The van der Waals surface area contributed by atoms with Gasteiger partial charge in [-0.15, -0.1) is 0 Å². The summed E-state index contributed by atoms with van der Waals surface area (Å²) in [7, 11) is 0. The van der Waals surface area contributed by atoms with E-state index in [-0.39, 0.29) is 6.04 Å². The van der Waals surface area contributed by atoms with Crippen molar-refractivity contribution < 1.29 is 0 Å². The van der Waals surface area contributed by atoms with E-state index in [1.165, 1.54) is 11.1 Å². The molecule has 2 rings (SSSR count). The normalized spacial score (nSPS) is 12.3. The van der Waals surface area contributed by atoms with Gasteiger partial charge >= 0.3 is 0 Å². The highest BCUT2D eigenvalue weighted by Gasteiger charge is 2.20. The number of benzene rings is 2. The smallest absolute Gasteiger partial charge is 0.0746 e. The molecule has 0 amide bonds. The summed E-state index contributed by atoms with van der Waals surface area (Å²) in [5.74, 6) is 0. The molecule has 0 saturated heterocycles. The topological polar surface area (TPSA) is 29.3 Å². The number of hydrogen-bond acceptors (Lipinski definition) is 2. The third-order valence-electron chi connectivity index (χ3n) is 3.65. The van der Waals surface area contributed by atoms with E-state index in [4.69, 9.17) is 18.0 Å². The maximum Gasteiger partial charge on any atom is 0.0746 e. The van der Waals surface area contributed by atoms with Gasteiger partial charge in [0.25, 0.3) is 0 Å². The second-order valence-corrected chi connectivity index (χ2v) is 5.67. The number of rotatable bonds is 7. The molecule has 0 aliphatic heterocycles. The average molecular weight is 298 g/mol. The zero-order valence-electron chi connectivity index (χ0n) is 12.4. The molecule has 0 spiro atoms. The first kappa shape index (κ1) is 15.7. The van der Waals surface area contributed by atoms with Crippen molar-refractivity contribution >= 4 is 17.2 Å². The highest BCUT2D eigenvalue weighted by molar-refractivity contribution is 7.80. The Balaban J connectivity index is 2.23. The molecule has 0 aromatic heterocycles. The SMILES string of the molecule is CCN(Cc1ccccc1)C(CC(N)=S)c1ccccc1. The molecule has 110 valence electrons. The lowest BCUT2D eigenvalue weighted by Gasteiger charge is -2.31. The Morgan fingerprint density at radius 1 is 1.05 bits per heavy atom. The van der Waals surface area contributed by atoms with Crippen LogP contribution >= 0.6 is 12.2 Å². The maximum atomic E-state index is 5.82. The molecular weight excluding hydrogens is 276 g/mol. The summed E-state index contributed by atoms with van der Waals surface area (Å²) in [4.78, 5) is 2.99. The van der Waals surface area contributed by atoms with E-state index in [1.54, 1.807) is 0 Å². The predicted molar refractivity (Wildman–Crippen MR) is 93.1 cm³/mol. The lowest BCUT2D eigenvalue weighted by atomic mass is 10.0. The maximum absolute atomic E-state index is 5.82. The minimum atomic E-state index is 0.230. The molecule has 2 aromatic rings. The summed E-state index contributed by atoms with van der Waals surface area (Å²) in [5.41, 5.74) is 8.40. The lowest BCUT2D eigenvalue weighted by Crippen LogP contribution is -2.31. The van der Waals surface area contributed by atoms with E-state index in [1.807, 2.05) is 12.1 Å². The van der Waals surface area contributed by atoms with Crippen LogP contribution in [-0.4, -0.2) is 16.4 Å². The van der Waals surface area contributed by atoms with Crippen molar-refractivity contribution in [3.8, 4) is 0 Å². The molecule has 0 aliphatic carbocycles. The molecule has 3 heteroatoms. The van der Waals surface area contributed by atoms with Crippen LogP contribution in [0.25, 0.3) is 0 Å². The van der Waals surface area contributed by atoms with Gasteiger partial charge in [-0.1, -0.05) is 79.8 Å². The second kappa shape index (κ2) is 7.91. The third-order valence-corrected chi connectivity index (χ3v) is 3.82. The van der Waals surface area contributed by atoms with E-state index >= 15 is 0 Å². The monoisotopic (exact) mass is 298 g/mol. The van der Waals surface area contributed by atoms with Crippen molar-refractivity contribution in [2.75, 3.05) is 6.54 Å². The quantitative estimate of drug-likeness (QED) is 0.785. The third kappa shape index (κ3) is 4.66. The average Bonchev–Trinajstić information content (AvgIpc) is 2.52. The van der Waals surface area contributed by atoms with Crippen LogP contribution in [0.15, 0.2) is 60.7 Å². The van der Waals surface area contributed by atoms with Crippen LogP contribution in [0.1, 0.15) is 30.5 Å². The Morgan fingerprint density at radius 3 is 2.14 bits per heavy atom. The number of nitrogens with two attached hydrogens (primary N) is 1. The molecule has 1 unspecified atom stereocenters. The summed E-state index contributed by atoms with van der Waals surface area (Å²) in [6.07, 6.45) is 0.708. The van der Waals surface area contributed by atoms with E-state index < -0.39 is 0 Å². The second-order valence-electron chi connectivity index (χ2n) is 5.15. The molecule has 2 N–H and O–H groups in total. The standard InChI is InChI=1S/C18H22N2S/c1-2-20(14-15-9-5-3-6-10-15)17(13-18(19)21)16-11-7-4-8-12-16/h3-12,17H,2,13-14H2,1H3,(H2,19,21). The van der Waals surface area contributed by atoms with Gasteiger partial charge in [0, 0.05) is 19.0 Å². The molecule has 0 fully saturated rings. The first-order chi connectivity index (χ1) is 10.2. The molecule has 1 atom stereocenters. The Morgan fingerprint density at radius 2 is 1.62 bits per heavy atom. The fourth-order valence-corrected chi connectivity index (χ4v) is 2.74. The van der Waals surface area contributed by atoms with Gasteiger partial charge in [-0.3, -0.25) is 4.90 Å². The molecule has 0 heterocycles. The van der Waals surface area contributed by atoms with Crippen molar-refractivity contribution in [1.29, 1.82) is 0 Å². The zero-order chi connectivity index (χ0) is 15.1. The minimum Gasteiger partial charge on any atom is -0.393 e. The molecular formula is C18H22N2S. The van der Waals surface area contributed by atoms with Crippen molar-refractivity contribution in [2.24, 2.45) is 5.73 Å². The first-order valence-corrected chi connectivity index (χ1v) is 7.72. The fraction of sp³-hybridized carbons (Fsp3) is 0.278. The van der Waals surface area contributed by atoms with Crippen molar-refractivity contribution in [2.45, 2.75) is 25.9 Å². The van der Waals surface area contributed by atoms with Gasteiger partial charge in [0.2, 0.25) is 0 Å². The number of hydrogen-bond donors (Lipinski definition) is 1. The van der Waals surface area contributed by atoms with Crippen molar-refractivity contribution in [3.63, 3.8) is 0 Å². The minimum absolute atomic E-state index is 0.230. The summed E-state index contributed by atoms with van der Waals surface area (Å²) in [6, 6.07) is 21.2. The van der Waals surface area contributed by atoms with Crippen LogP contribution in [0.4, 0.5) is 0 Å². The number of thiocarbonyl (C=S) groups is 1. The summed E-state index contributed by atoms with van der Waals surface area (Å²) >= 11 is 5.15. The lowest BCUT2D eigenvalue weighted by molar-refractivity contribution is 0.203. The van der Waals surface area contributed by atoms with Crippen LogP contribution in [0, 0.1) is 0 Å². The predicted octanol–water partition coefficient (Wildman–Crippen LogP) is 3.93. The summed E-state index contributed by atoms with van der Waals surface area (Å²) in [6.45, 7) is 4.04. The molecule has 0 aliphatic rings. The van der Waals surface area contributed by atoms with E-state index in [9.17, 15) is 0 Å². The Hall–Kier alpha value is -1.71. The first-order valence-electron chi connectivity index (χ1n) is 7.32. The van der Waals surface area contributed by atoms with Gasteiger partial charge in [-0.05, 0) is 17.7 Å². The van der Waals surface area contributed by atoms with E-state index in [2.05, 4.69) is 60.4 Å². The largest absolute Gasteiger partial charge is 0.393 e. The van der Waals surface area contributed by atoms with Crippen LogP contribution < -0.4 is 5.73 Å². The molecule has 0 radical (unpaired) electrons. The van der Waals surface area contributed by atoms with Gasteiger partial charge in [-0.25, -0.2) is 0 Å². The van der Waals surface area contributed by atoms with E-state index in [0.29, 0.717) is 11.4 Å². The Labute approximate surface area is 132 Å². The Bertz CT molecular complexity index is 554. The summed E-state index contributed by atoms with van der Waals surface area (Å²) < 4.78 is 0. The summed E-state index contributed by atoms with van der Waals surface area (Å²) in [5, 5.41) is 0. The van der Waals surface area contributed by atoms with E-state index in [0.717, 1.165) is 13.1 Å².